The molecular formula is C18H29N2O3+. The third kappa shape index (κ3) is 4.03. The van der Waals surface area contributed by atoms with E-state index in [1.54, 1.807) is 6.07 Å². The van der Waals surface area contributed by atoms with Gasteiger partial charge in [0.15, 0.2) is 0 Å². The molecule has 4 unspecified atom stereocenters. The van der Waals surface area contributed by atoms with E-state index in [1.165, 1.54) is 17.0 Å². The Morgan fingerprint density at radius 2 is 2.17 bits per heavy atom. The van der Waals surface area contributed by atoms with Crippen molar-refractivity contribution in [2.45, 2.75) is 51.4 Å². The molecule has 2 bridgehead atoms. The standard InChI is InChI=1S/C18H28N2O3/c1-18(2,3)23-12-15(21)11-19-8-13-7-14(10-19)16-5-4-6-17(22)20(16)9-13/h4-6,13-15,21H,7-12H2,1-3H3/p+1. The summed E-state index contributed by atoms with van der Waals surface area (Å²) in [5.74, 6) is 0.967. The summed E-state index contributed by atoms with van der Waals surface area (Å²) in [5, 5.41) is 10.3. The van der Waals surface area contributed by atoms with Crippen LogP contribution in [0.15, 0.2) is 23.0 Å². The SMILES string of the molecule is CC(C)(C)OCC(O)C[NH+]1CC2CC(C1)c1cccc(=O)n1C2. The maximum atomic E-state index is 12.0. The molecule has 0 amide bonds. The van der Waals surface area contributed by atoms with Gasteiger partial charge in [0.1, 0.15) is 12.6 Å². The van der Waals surface area contributed by atoms with Gasteiger partial charge < -0.3 is 19.3 Å². The zero-order valence-corrected chi connectivity index (χ0v) is 14.4. The average Bonchev–Trinajstić information content (AvgIpc) is 2.46. The molecule has 2 aliphatic rings. The van der Waals surface area contributed by atoms with Crippen LogP contribution in [0.5, 0.6) is 0 Å². The number of aromatic nitrogens is 1. The molecule has 0 aliphatic carbocycles. The number of piperidine rings is 1. The third-order valence-corrected chi connectivity index (χ3v) is 4.91. The Morgan fingerprint density at radius 1 is 1.39 bits per heavy atom. The molecule has 3 heterocycles. The molecule has 1 fully saturated rings. The van der Waals surface area contributed by atoms with Crippen molar-refractivity contribution < 1.29 is 14.7 Å². The lowest BCUT2D eigenvalue weighted by atomic mass is 9.83. The van der Waals surface area contributed by atoms with E-state index in [0.29, 0.717) is 18.4 Å². The summed E-state index contributed by atoms with van der Waals surface area (Å²) in [4.78, 5) is 13.5. The second-order valence-electron chi connectivity index (χ2n) is 8.14. The Balaban J connectivity index is 1.63. The minimum atomic E-state index is -0.430. The molecule has 1 aromatic heterocycles. The predicted molar refractivity (Wildman–Crippen MR) is 88.8 cm³/mol. The molecule has 5 heteroatoms. The summed E-state index contributed by atoms with van der Waals surface area (Å²) in [7, 11) is 0. The molecule has 0 aromatic carbocycles. The highest BCUT2D eigenvalue weighted by atomic mass is 16.5. The Bertz CT molecular complexity index is 605. The fourth-order valence-corrected chi connectivity index (χ4v) is 4.02. The molecule has 0 spiro atoms. The van der Waals surface area contributed by atoms with Crippen LogP contribution in [0.2, 0.25) is 0 Å². The first-order valence-electron chi connectivity index (χ1n) is 8.67. The molecule has 2 aliphatic heterocycles. The van der Waals surface area contributed by atoms with Gasteiger partial charge in [0.2, 0.25) is 0 Å². The van der Waals surface area contributed by atoms with Gasteiger partial charge in [-0.3, -0.25) is 4.79 Å². The molecule has 5 nitrogen and oxygen atoms in total. The minimum Gasteiger partial charge on any atom is -0.385 e. The van der Waals surface area contributed by atoms with Gasteiger partial charge in [-0.25, -0.2) is 0 Å². The second-order valence-corrected chi connectivity index (χ2v) is 8.14. The lowest BCUT2D eigenvalue weighted by molar-refractivity contribution is -0.914. The van der Waals surface area contributed by atoms with E-state index >= 15 is 0 Å². The van der Waals surface area contributed by atoms with Crippen molar-refractivity contribution in [3.63, 3.8) is 0 Å². The molecule has 2 N–H and O–H groups in total. The lowest BCUT2D eigenvalue weighted by Gasteiger charge is -2.41. The van der Waals surface area contributed by atoms with E-state index in [1.807, 2.05) is 31.4 Å². The van der Waals surface area contributed by atoms with Crippen LogP contribution in [-0.2, 0) is 11.3 Å². The first kappa shape index (κ1) is 16.7. The van der Waals surface area contributed by atoms with Crippen molar-refractivity contribution in [1.82, 2.24) is 4.57 Å². The van der Waals surface area contributed by atoms with Crippen molar-refractivity contribution in [1.29, 1.82) is 0 Å². The second kappa shape index (κ2) is 6.38. The van der Waals surface area contributed by atoms with E-state index in [4.69, 9.17) is 4.74 Å². The smallest absolute Gasteiger partial charge is 0.250 e. The maximum absolute atomic E-state index is 12.0. The van der Waals surface area contributed by atoms with Gasteiger partial charge in [0.05, 0.1) is 25.3 Å². The average molecular weight is 321 g/mol. The van der Waals surface area contributed by atoms with Crippen LogP contribution in [0.3, 0.4) is 0 Å². The number of hydrogen-bond acceptors (Lipinski definition) is 3. The molecule has 3 rings (SSSR count). The zero-order valence-electron chi connectivity index (χ0n) is 14.4. The summed E-state index contributed by atoms with van der Waals surface area (Å²) in [6, 6.07) is 5.61. The summed E-state index contributed by atoms with van der Waals surface area (Å²) < 4.78 is 7.64. The first-order valence-corrected chi connectivity index (χ1v) is 8.67. The Kier molecular flexibility index (Phi) is 4.63. The fraction of sp³-hybridized carbons (Fsp3) is 0.722. The number of fused-ring (bicyclic) bond motifs is 4. The topological polar surface area (TPSA) is 55.9 Å². The van der Waals surface area contributed by atoms with Crippen molar-refractivity contribution >= 4 is 0 Å². The van der Waals surface area contributed by atoms with Crippen molar-refractivity contribution in [3.8, 4) is 0 Å². The van der Waals surface area contributed by atoms with E-state index in [-0.39, 0.29) is 11.2 Å². The van der Waals surface area contributed by atoms with Crippen LogP contribution in [0.1, 0.15) is 38.8 Å². The van der Waals surface area contributed by atoms with Crippen molar-refractivity contribution in [3.05, 3.63) is 34.2 Å². The predicted octanol–water partition coefficient (Wildman–Crippen LogP) is 0.0263. The summed E-state index contributed by atoms with van der Waals surface area (Å²) in [6.45, 7) is 9.98. The Labute approximate surface area is 137 Å². The number of quaternary nitrogens is 1. The number of aliphatic hydroxyl groups excluding tert-OH is 1. The third-order valence-electron chi connectivity index (χ3n) is 4.91. The zero-order chi connectivity index (χ0) is 16.6. The van der Waals surface area contributed by atoms with E-state index in [2.05, 4.69) is 6.07 Å². The van der Waals surface area contributed by atoms with Gasteiger partial charge in [0.25, 0.3) is 5.56 Å². The number of likely N-dealkylation sites (tertiary alicyclic amines) is 1. The number of nitrogens with one attached hydrogen (secondary N) is 1. The molecule has 128 valence electrons. The van der Waals surface area contributed by atoms with Crippen LogP contribution < -0.4 is 10.5 Å². The van der Waals surface area contributed by atoms with Crippen LogP contribution in [0.25, 0.3) is 0 Å². The molecule has 0 radical (unpaired) electrons. The summed E-state index contributed by atoms with van der Waals surface area (Å²) in [6.07, 6.45) is 0.739. The quantitative estimate of drug-likeness (QED) is 0.822. The van der Waals surface area contributed by atoms with Gasteiger partial charge in [-0.15, -0.1) is 0 Å². The summed E-state index contributed by atoms with van der Waals surface area (Å²) >= 11 is 0. The largest absolute Gasteiger partial charge is 0.385 e. The van der Waals surface area contributed by atoms with Crippen LogP contribution in [0.4, 0.5) is 0 Å². The van der Waals surface area contributed by atoms with Crippen molar-refractivity contribution in [2.75, 3.05) is 26.2 Å². The minimum absolute atomic E-state index is 0.124. The molecule has 23 heavy (non-hydrogen) atoms. The van der Waals surface area contributed by atoms with Gasteiger partial charge in [-0.2, -0.15) is 0 Å². The summed E-state index contributed by atoms with van der Waals surface area (Å²) in [5.41, 5.74) is 1.08. The highest BCUT2D eigenvalue weighted by Gasteiger charge is 2.37. The number of nitrogens with zero attached hydrogens (tertiary/aromatic N) is 1. The van der Waals surface area contributed by atoms with Gasteiger partial charge in [0, 0.05) is 30.1 Å². The van der Waals surface area contributed by atoms with Gasteiger partial charge in [-0.1, -0.05) is 6.07 Å². The van der Waals surface area contributed by atoms with E-state index in [0.717, 1.165) is 26.2 Å². The number of ether oxygens (including phenoxy) is 1. The van der Waals surface area contributed by atoms with Crippen LogP contribution >= 0.6 is 0 Å². The number of aliphatic hydroxyl groups is 1. The Morgan fingerprint density at radius 3 is 2.91 bits per heavy atom. The highest BCUT2D eigenvalue weighted by molar-refractivity contribution is 5.15. The molecule has 1 aromatic rings. The number of pyridine rings is 1. The van der Waals surface area contributed by atoms with E-state index < -0.39 is 6.10 Å². The molecule has 0 saturated carbocycles. The Hall–Kier alpha value is -1.17. The lowest BCUT2D eigenvalue weighted by Crippen LogP contribution is -3.15. The van der Waals surface area contributed by atoms with E-state index in [9.17, 15) is 9.90 Å². The maximum Gasteiger partial charge on any atom is 0.250 e. The molecule has 1 saturated heterocycles. The number of hydrogen-bond donors (Lipinski definition) is 2. The molecule has 4 atom stereocenters. The normalized spacial score (nSPS) is 28.3. The first-order chi connectivity index (χ1) is 10.8. The fourth-order valence-electron chi connectivity index (χ4n) is 4.02. The van der Waals surface area contributed by atoms with Gasteiger partial charge >= 0.3 is 0 Å². The number of rotatable bonds is 4. The molecular weight excluding hydrogens is 292 g/mol. The van der Waals surface area contributed by atoms with Crippen LogP contribution in [-0.4, -0.2) is 47.6 Å². The van der Waals surface area contributed by atoms with Crippen molar-refractivity contribution in [2.24, 2.45) is 5.92 Å². The highest BCUT2D eigenvalue weighted by Crippen LogP contribution is 2.29. The van der Waals surface area contributed by atoms with Gasteiger partial charge in [-0.05, 0) is 33.3 Å². The van der Waals surface area contributed by atoms with Crippen LogP contribution in [0, 0.1) is 5.92 Å². The monoisotopic (exact) mass is 321 g/mol.